The molecule has 22 heavy (non-hydrogen) atoms. The van der Waals surface area contributed by atoms with Crippen LogP contribution in [0.15, 0.2) is 35.2 Å². The number of hydrogen-bond acceptors (Lipinski definition) is 4. The molecule has 1 aliphatic heterocycles. The smallest absolute Gasteiger partial charge is 0.322 e. The van der Waals surface area contributed by atoms with Gasteiger partial charge in [0.1, 0.15) is 6.54 Å². The summed E-state index contributed by atoms with van der Waals surface area (Å²) in [5, 5.41) is 10.9. The topological polar surface area (TPSA) is 104 Å². The van der Waals surface area contributed by atoms with Gasteiger partial charge in [-0.05, 0) is 25.0 Å². The predicted molar refractivity (Wildman–Crippen MR) is 78.6 cm³/mol. The third-order valence-electron chi connectivity index (χ3n) is 3.55. The summed E-state index contributed by atoms with van der Waals surface area (Å²) in [5.41, 5.74) is 0. The van der Waals surface area contributed by atoms with Crippen LogP contribution >= 0.6 is 0 Å². The molecule has 1 atom stereocenters. The van der Waals surface area contributed by atoms with Crippen molar-refractivity contribution in [2.24, 2.45) is 5.92 Å². The van der Waals surface area contributed by atoms with Gasteiger partial charge in [-0.25, -0.2) is 8.42 Å². The number of rotatable bonds is 5. The van der Waals surface area contributed by atoms with E-state index in [1.165, 1.54) is 16.4 Å². The number of hydrogen-bond donors (Lipinski definition) is 2. The summed E-state index contributed by atoms with van der Waals surface area (Å²) < 4.78 is 26.3. The molecule has 1 aromatic rings. The largest absolute Gasteiger partial charge is 0.480 e. The lowest BCUT2D eigenvalue weighted by molar-refractivity contribution is -0.138. The van der Waals surface area contributed by atoms with Crippen LogP contribution in [-0.2, 0) is 19.6 Å². The number of carbonyl (C=O) groups excluding carboxylic acids is 1. The average molecular weight is 326 g/mol. The standard InChI is InChI=1S/C14H18N2O5S/c17-13(18)9-15-14(19)11-5-4-8-16(10-11)22(20,21)12-6-2-1-3-7-12/h1-3,6-7,11H,4-5,8-10H2,(H,15,19)(H,17,18)/t11-/m0/s1. The molecule has 1 aliphatic rings. The van der Waals surface area contributed by atoms with Crippen molar-refractivity contribution >= 4 is 21.9 Å². The molecule has 8 heteroatoms. The monoisotopic (exact) mass is 326 g/mol. The highest BCUT2D eigenvalue weighted by Crippen LogP contribution is 2.23. The van der Waals surface area contributed by atoms with Gasteiger partial charge in [0.2, 0.25) is 15.9 Å². The summed E-state index contributed by atoms with van der Waals surface area (Å²) >= 11 is 0. The number of benzene rings is 1. The maximum absolute atomic E-state index is 12.5. The van der Waals surface area contributed by atoms with Crippen molar-refractivity contribution in [3.63, 3.8) is 0 Å². The van der Waals surface area contributed by atoms with E-state index in [0.717, 1.165) is 0 Å². The Hall–Kier alpha value is -1.93. The summed E-state index contributed by atoms with van der Waals surface area (Å²) in [6.07, 6.45) is 1.11. The Bertz CT molecular complexity index is 644. The minimum Gasteiger partial charge on any atom is -0.480 e. The van der Waals surface area contributed by atoms with E-state index in [1.807, 2.05) is 0 Å². The second kappa shape index (κ2) is 6.89. The molecule has 0 aliphatic carbocycles. The molecule has 1 heterocycles. The third kappa shape index (κ3) is 3.83. The summed E-state index contributed by atoms with van der Waals surface area (Å²) in [7, 11) is -3.62. The van der Waals surface area contributed by atoms with Crippen LogP contribution in [0.3, 0.4) is 0 Å². The van der Waals surface area contributed by atoms with Crippen molar-refractivity contribution < 1.29 is 23.1 Å². The molecular weight excluding hydrogens is 308 g/mol. The molecule has 0 bridgehead atoms. The highest BCUT2D eigenvalue weighted by molar-refractivity contribution is 7.89. The fourth-order valence-corrected chi connectivity index (χ4v) is 3.97. The Kier molecular flexibility index (Phi) is 5.15. The molecule has 1 amide bonds. The van der Waals surface area contributed by atoms with Gasteiger partial charge in [-0.15, -0.1) is 0 Å². The third-order valence-corrected chi connectivity index (χ3v) is 5.43. The van der Waals surface area contributed by atoms with Gasteiger partial charge >= 0.3 is 5.97 Å². The Morgan fingerprint density at radius 3 is 2.59 bits per heavy atom. The summed E-state index contributed by atoms with van der Waals surface area (Å²) in [4.78, 5) is 22.6. The number of carboxylic acids is 1. The first-order valence-corrected chi connectivity index (χ1v) is 8.40. The normalized spacial score (nSPS) is 19.5. The lowest BCUT2D eigenvalue weighted by atomic mass is 9.99. The fraction of sp³-hybridized carbons (Fsp3) is 0.429. The van der Waals surface area contributed by atoms with Crippen molar-refractivity contribution in [3.8, 4) is 0 Å². The molecule has 0 aromatic heterocycles. The molecule has 0 spiro atoms. The Morgan fingerprint density at radius 1 is 1.27 bits per heavy atom. The van der Waals surface area contributed by atoms with E-state index in [-0.39, 0.29) is 11.4 Å². The molecule has 1 saturated heterocycles. The molecule has 2 N–H and O–H groups in total. The van der Waals surface area contributed by atoms with Gasteiger partial charge in [-0.2, -0.15) is 4.31 Å². The van der Waals surface area contributed by atoms with E-state index < -0.39 is 34.4 Å². The Labute approximate surface area is 129 Å². The zero-order chi connectivity index (χ0) is 16.2. The second-order valence-corrected chi connectivity index (χ2v) is 7.06. The van der Waals surface area contributed by atoms with Gasteiger partial charge in [0, 0.05) is 13.1 Å². The second-order valence-electron chi connectivity index (χ2n) is 5.13. The number of carboxylic acid groups (broad SMARTS) is 1. The average Bonchev–Trinajstić information content (AvgIpc) is 2.53. The van der Waals surface area contributed by atoms with E-state index in [0.29, 0.717) is 19.4 Å². The van der Waals surface area contributed by atoms with E-state index in [9.17, 15) is 18.0 Å². The van der Waals surface area contributed by atoms with Crippen LogP contribution < -0.4 is 5.32 Å². The van der Waals surface area contributed by atoms with Crippen LogP contribution in [0.5, 0.6) is 0 Å². The first-order valence-electron chi connectivity index (χ1n) is 6.96. The molecule has 2 rings (SSSR count). The summed E-state index contributed by atoms with van der Waals surface area (Å²) in [6, 6.07) is 8.06. The molecule has 0 radical (unpaired) electrons. The van der Waals surface area contributed by atoms with Gasteiger partial charge in [0.15, 0.2) is 0 Å². The van der Waals surface area contributed by atoms with E-state index >= 15 is 0 Å². The zero-order valence-electron chi connectivity index (χ0n) is 11.9. The molecule has 0 unspecified atom stereocenters. The zero-order valence-corrected chi connectivity index (χ0v) is 12.8. The quantitative estimate of drug-likeness (QED) is 0.809. The highest BCUT2D eigenvalue weighted by Gasteiger charge is 2.33. The van der Waals surface area contributed by atoms with E-state index in [4.69, 9.17) is 5.11 Å². The van der Waals surface area contributed by atoms with Crippen LogP contribution in [0.25, 0.3) is 0 Å². The van der Waals surface area contributed by atoms with Crippen LogP contribution in [0.4, 0.5) is 0 Å². The van der Waals surface area contributed by atoms with Crippen LogP contribution in [0.2, 0.25) is 0 Å². The van der Waals surface area contributed by atoms with Crippen molar-refractivity contribution in [2.75, 3.05) is 19.6 Å². The number of nitrogens with one attached hydrogen (secondary N) is 1. The molecular formula is C14H18N2O5S. The minimum atomic E-state index is -3.62. The number of carbonyl (C=O) groups is 2. The molecule has 1 aromatic carbocycles. The van der Waals surface area contributed by atoms with Crippen molar-refractivity contribution in [3.05, 3.63) is 30.3 Å². The number of amides is 1. The Balaban J connectivity index is 2.07. The first-order chi connectivity index (χ1) is 10.4. The van der Waals surface area contributed by atoms with Gasteiger partial charge in [0.25, 0.3) is 0 Å². The molecule has 1 fully saturated rings. The maximum Gasteiger partial charge on any atom is 0.322 e. The highest BCUT2D eigenvalue weighted by atomic mass is 32.2. The minimum absolute atomic E-state index is 0.0721. The predicted octanol–water partition coefficient (Wildman–Crippen LogP) is 0.288. The number of nitrogens with zero attached hydrogens (tertiary/aromatic N) is 1. The van der Waals surface area contributed by atoms with Crippen molar-refractivity contribution in [1.82, 2.24) is 9.62 Å². The van der Waals surface area contributed by atoms with Gasteiger partial charge < -0.3 is 10.4 Å². The van der Waals surface area contributed by atoms with E-state index in [1.54, 1.807) is 18.2 Å². The summed E-state index contributed by atoms with van der Waals surface area (Å²) in [6.45, 7) is -0.0244. The van der Waals surface area contributed by atoms with Crippen LogP contribution in [0, 0.1) is 5.92 Å². The lowest BCUT2D eigenvalue weighted by Gasteiger charge is -2.31. The van der Waals surface area contributed by atoms with Gasteiger partial charge in [-0.3, -0.25) is 9.59 Å². The van der Waals surface area contributed by atoms with Crippen LogP contribution in [-0.4, -0.2) is 49.3 Å². The molecule has 0 saturated carbocycles. The Morgan fingerprint density at radius 2 is 1.95 bits per heavy atom. The SMILES string of the molecule is O=C(O)CNC(=O)[C@H]1CCCN(S(=O)(=O)c2ccccc2)C1. The van der Waals surface area contributed by atoms with Crippen molar-refractivity contribution in [2.45, 2.75) is 17.7 Å². The van der Waals surface area contributed by atoms with Gasteiger partial charge in [0.05, 0.1) is 10.8 Å². The van der Waals surface area contributed by atoms with Crippen molar-refractivity contribution in [1.29, 1.82) is 0 Å². The number of piperidine rings is 1. The maximum atomic E-state index is 12.5. The fourth-order valence-electron chi connectivity index (χ4n) is 2.42. The lowest BCUT2D eigenvalue weighted by Crippen LogP contribution is -2.46. The first kappa shape index (κ1) is 16.4. The summed E-state index contributed by atoms with van der Waals surface area (Å²) in [5.74, 6) is -2.07. The van der Waals surface area contributed by atoms with Crippen LogP contribution in [0.1, 0.15) is 12.8 Å². The molecule has 120 valence electrons. The molecule has 7 nitrogen and oxygen atoms in total. The number of aliphatic carboxylic acids is 1. The van der Waals surface area contributed by atoms with Gasteiger partial charge in [-0.1, -0.05) is 18.2 Å². The number of sulfonamides is 1. The van der Waals surface area contributed by atoms with E-state index in [2.05, 4.69) is 5.32 Å².